The van der Waals surface area contributed by atoms with Gasteiger partial charge in [-0.3, -0.25) is 0 Å². The van der Waals surface area contributed by atoms with Gasteiger partial charge in [0, 0.05) is 0 Å². The number of hydrogen-bond donors (Lipinski definition) is 0. The molecule has 0 aliphatic heterocycles. The van der Waals surface area contributed by atoms with E-state index in [4.69, 9.17) is 0 Å². The molecule has 0 fully saturated rings. The van der Waals surface area contributed by atoms with Gasteiger partial charge < -0.3 is 28.2 Å². The van der Waals surface area contributed by atoms with Gasteiger partial charge in [-0.1, -0.05) is 0 Å². The maximum Gasteiger partial charge on any atom is 6.00 e. The summed E-state index contributed by atoms with van der Waals surface area (Å²) in [6.07, 6.45) is 0. The first kappa shape index (κ1) is 841. The quantitative estimate of drug-likeness (QED) is 0.380. The summed E-state index contributed by atoms with van der Waals surface area (Å²) in [6, 6.07) is 0. The molecule has 0 spiro atoms. The van der Waals surface area contributed by atoms with E-state index in [1.807, 2.05) is 0 Å². The van der Waals surface area contributed by atoms with Gasteiger partial charge in [-0.25, -0.2) is 0 Å². The summed E-state index contributed by atoms with van der Waals surface area (Å²) in [4.78, 5) is 0. The van der Waals surface area contributed by atoms with Crippen molar-refractivity contribution in [2.75, 3.05) is 0 Å². The zero-order valence-electron chi connectivity index (χ0n) is 2.77. The Kier molecular flexibility index (Phi) is 63200. The molecule has 7 heavy (non-hydrogen) atoms. The van der Waals surface area contributed by atoms with Crippen molar-refractivity contribution in [3.8, 4) is 0 Å². The fraction of sp³-hybridized carbons (Fsp3) is 0. The van der Waals surface area contributed by atoms with Gasteiger partial charge in [0.25, 0.3) is 0 Å². The van der Waals surface area contributed by atoms with Crippen molar-refractivity contribution >= 4 is 0 Å². The van der Waals surface area contributed by atoms with Crippen LogP contribution in [0.5, 0.6) is 0 Å². The first-order valence-electron chi connectivity index (χ1n) is 0. The van der Waals surface area contributed by atoms with E-state index in [9.17, 15) is 0 Å². The third-order valence-electron chi connectivity index (χ3n) is 0. The minimum atomic E-state index is 0. The van der Waals surface area contributed by atoms with Gasteiger partial charge in [-0.05, 0) is 0 Å². The predicted molar refractivity (Wildman–Crippen MR) is 0 cm³/mol. The second-order valence-electron chi connectivity index (χ2n) is 0. The van der Waals surface area contributed by atoms with Crippen LogP contribution in [0, 0.1) is 31.1 Å². The summed E-state index contributed by atoms with van der Waals surface area (Å²) < 4.78 is 0. The van der Waals surface area contributed by atoms with Gasteiger partial charge in [-0.15, -0.1) is 0 Å². The van der Waals surface area contributed by atoms with Crippen LogP contribution in [-0.4, -0.2) is 0 Å². The molecule has 0 heterocycles. The largest absolute Gasteiger partial charge is 6.00 e. The molecule has 0 amide bonds. The minimum absolute atomic E-state index is 0. The van der Waals surface area contributed by atoms with Gasteiger partial charge in [0.1, 0.15) is 0 Å². The molecule has 0 aromatic rings. The van der Waals surface area contributed by atoms with Crippen LogP contribution in [0.4, 0.5) is 0 Å². The Balaban J connectivity index is 0. The fourth-order valence-electron chi connectivity index (χ4n) is 0. The van der Waals surface area contributed by atoms with E-state index in [2.05, 4.69) is 0 Å². The van der Waals surface area contributed by atoms with Crippen LogP contribution in [0.3, 0.4) is 0 Å². The monoisotopic (exact) mass is 352 g/mol. The number of hydrogen-bond acceptors (Lipinski definition) is 0. The van der Waals surface area contributed by atoms with E-state index >= 15 is 0 Å². The topological polar surface area (TPSA) is 0 Å². The first-order chi connectivity index (χ1) is 0. The maximum absolute atomic E-state index is 0. The zero-order chi connectivity index (χ0) is 0. The number of rotatable bonds is 0. The second kappa shape index (κ2) is 527. The second-order valence-corrected chi connectivity index (χ2v) is 0. The van der Waals surface area contributed by atoms with E-state index in [0.717, 1.165) is 0 Å². The van der Waals surface area contributed by atoms with Crippen molar-refractivity contribution in [2.24, 2.45) is 0 Å². The van der Waals surface area contributed by atoms with E-state index in [1.54, 1.807) is 0 Å². The molecule has 0 radical (unpaired) electrons. The fourth-order valence-corrected chi connectivity index (χ4v) is 0. The Morgan fingerprint density at radius 3 is 0.286 bits per heavy atom. The summed E-state index contributed by atoms with van der Waals surface area (Å²) in [5.41, 5.74) is 0. The smallest absolute Gasteiger partial charge is 1.00 e. The average molecular weight is 352 g/mol. The van der Waals surface area contributed by atoms with Gasteiger partial charge in [0.2, 0.25) is 0 Å². The molecule has 0 bridgehead atoms. The molecule has 0 aliphatic carbocycles. The molecule has 0 nitrogen and oxygen atoms in total. The van der Waals surface area contributed by atoms with Crippen molar-refractivity contribution in [1.82, 2.24) is 0 Å². The Hall–Kier alpha value is 0.632. The maximum atomic E-state index is 0. The number of halogens is 6. The Morgan fingerprint density at radius 2 is 0.286 bits per heavy atom. The summed E-state index contributed by atoms with van der Waals surface area (Å²) in [5, 5.41) is 0. The van der Waals surface area contributed by atoms with E-state index in [-0.39, 0.29) is 59.3 Å². The Labute approximate surface area is 59.6 Å². The molecule has 0 aliphatic rings. The van der Waals surface area contributed by atoms with Gasteiger partial charge in [0.05, 0.1) is 0 Å². The van der Waals surface area contributed by atoms with Crippen LogP contribution in [0.2, 0.25) is 0 Å². The molecular formula is F6U. The SMILES string of the molecule is [F-].[F-].[F-].[F-].[F-].[F-].[U+6]. The molecular weight excluding hydrogens is 352 g/mol. The summed E-state index contributed by atoms with van der Waals surface area (Å²) >= 11 is 0. The summed E-state index contributed by atoms with van der Waals surface area (Å²) in [6.45, 7) is 0. The van der Waals surface area contributed by atoms with Crippen LogP contribution >= 0.6 is 0 Å². The molecule has 0 N–H and O–H groups in total. The molecule has 7 heteroatoms. The average Bonchev–Trinajstić information content (AvgIpc) is 0. The molecule has 46 valence electrons. The Morgan fingerprint density at radius 1 is 0.286 bits per heavy atom. The van der Waals surface area contributed by atoms with Crippen molar-refractivity contribution in [2.45, 2.75) is 0 Å². The zero-order valence-corrected chi connectivity index (χ0v) is 6.93. The third-order valence-corrected chi connectivity index (χ3v) is 0. The predicted octanol–water partition coefficient (Wildman–Crippen LogP) is -18.0. The van der Waals surface area contributed by atoms with Gasteiger partial charge in [0.15, 0.2) is 0 Å². The van der Waals surface area contributed by atoms with Crippen LogP contribution < -0.4 is 28.2 Å². The van der Waals surface area contributed by atoms with E-state index in [1.165, 1.54) is 0 Å². The van der Waals surface area contributed by atoms with E-state index in [0.29, 0.717) is 0 Å². The third kappa shape index (κ3) is 356. The molecule has 0 atom stereocenters. The molecule has 0 unspecified atom stereocenters. The standard InChI is InChI=1S/6FH.U/h6*1H;/q;;;;;;+6/p-6. The minimum Gasteiger partial charge on any atom is -1.00 e. The summed E-state index contributed by atoms with van der Waals surface area (Å²) in [5.74, 6) is 0. The van der Waals surface area contributed by atoms with Crippen LogP contribution in [0.15, 0.2) is 0 Å². The van der Waals surface area contributed by atoms with Crippen molar-refractivity contribution in [3.05, 3.63) is 0 Å². The van der Waals surface area contributed by atoms with Crippen LogP contribution in [0.25, 0.3) is 0 Å². The molecule has 0 rings (SSSR count). The Bertz CT molecular complexity index is 4.14. The van der Waals surface area contributed by atoms with Crippen LogP contribution in [-0.2, 0) is 0 Å². The van der Waals surface area contributed by atoms with Crippen molar-refractivity contribution < 1.29 is 59.3 Å². The first-order valence-corrected chi connectivity index (χ1v) is 0. The molecule has 0 saturated heterocycles. The summed E-state index contributed by atoms with van der Waals surface area (Å²) in [7, 11) is 0. The molecule has 0 aromatic carbocycles. The van der Waals surface area contributed by atoms with Crippen LogP contribution in [0.1, 0.15) is 0 Å². The normalized spacial score (nSPS) is 0. The van der Waals surface area contributed by atoms with Crippen molar-refractivity contribution in [1.29, 1.82) is 0 Å². The van der Waals surface area contributed by atoms with Crippen molar-refractivity contribution in [3.63, 3.8) is 0 Å². The van der Waals surface area contributed by atoms with Gasteiger partial charge in [-0.2, -0.15) is 0 Å². The molecule has 0 aromatic heterocycles. The van der Waals surface area contributed by atoms with E-state index < -0.39 is 0 Å². The molecule has 0 saturated carbocycles. The van der Waals surface area contributed by atoms with Gasteiger partial charge >= 0.3 is 31.1 Å².